The van der Waals surface area contributed by atoms with Crippen molar-refractivity contribution in [3.8, 4) is 5.69 Å². The zero-order chi connectivity index (χ0) is 24.3. The molecule has 174 valence electrons. The average Bonchev–Trinajstić information content (AvgIpc) is 3.24. The van der Waals surface area contributed by atoms with Gasteiger partial charge in [-0.25, -0.2) is 9.98 Å². The second kappa shape index (κ2) is 9.34. The van der Waals surface area contributed by atoms with Gasteiger partial charge in [-0.15, -0.1) is 0 Å². The van der Waals surface area contributed by atoms with Gasteiger partial charge in [0.1, 0.15) is 0 Å². The molecule has 7 nitrogen and oxygen atoms in total. The van der Waals surface area contributed by atoms with Crippen molar-refractivity contribution in [2.75, 3.05) is 17.2 Å². The van der Waals surface area contributed by atoms with Crippen LogP contribution in [0.1, 0.15) is 28.0 Å². The number of hydrogen-bond donors (Lipinski definition) is 2. The van der Waals surface area contributed by atoms with Crippen LogP contribution in [-0.4, -0.2) is 34.1 Å². The van der Waals surface area contributed by atoms with E-state index >= 15 is 0 Å². The standard InChI is InChI=1S/C24H20F3N5O2/c1-15-13-32(14-30-15)19-9-17(24(25,26)27)8-18(10-19)31-23(34)20-4-2-3-5-21(20)28-11-16-6-7-22(33)29-12-16/h2-6,8-10,12-14,28H,7,11H2,1H3,(H,31,34). The molecule has 0 atom stereocenters. The van der Waals surface area contributed by atoms with E-state index in [2.05, 4.69) is 20.6 Å². The summed E-state index contributed by atoms with van der Waals surface area (Å²) < 4.78 is 42.0. The minimum atomic E-state index is -4.60. The summed E-state index contributed by atoms with van der Waals surface area (Å²) in [5, 5.41) is 5.69. The van der Waals surface area contributed by atoms with Gasteiger partial charge in [-0.05, 0) is 42.8 Å². The summed E-state index contributed by atoms with van der Waals surface area (Å²) in [6.45, 7) is 2.05. The molecular weight excluding hydrogens is 447 g/mol. The van der Waals surface area contributed by atoms with Crippen molar-refractivity contribution in [3.05, 3.63) is 83.5 Å². The SMILES string of the molecule is Cc1cn(-c2cc(NC(=O)c3ccccc3NCC3=CCC(=O)N=C3)cc(C(F)(F)F)c2)cn1. The molecule has 0 saturated carbocycles. The monoisotopic (exact) mass is 467 g/mol. The second-order valence-electron chi connectivity index (χ2n) is 7.68. The largest absolute Gasteiger partial charge is 0.416 e. The highest BCUT2D eigenvalue weighted by molar-refractivity contribution is 6.08. The Morgan fingerprint density at radius 2 is 1.97 bits per heavy atom. The first-order valence-electron chi connectivity index (χ1n) is 10.3. The topological polar surface area (TPSA) is 88.4 Å². The quantitative estimate of drug-likeness (QED) is 0.546. The zero-order valence-electron chi connectivity index (χ0n) is 18.1. The number of nitrogens with one attached hydrogen (secondary N) is 2. The van der Waals surface area contributed by atoms with E-state index in [1.165, 1.54) is 23.2 Å². The summed E-state index contributed by atoms with van der Waals surface area (Å²) in [6.07, 6.45) is 1.82. The molecule has 0 unspecified atom stereocenters. The number of carbonyl (C=O) groups is 2. The molecule has 1 aromatic heterocycles. The number of alkyl halides is 3. The maximum absolute atomic E-state index is 13.5. The fourth-order valence-electron chi connectivity index (χ4n) is 3.39. The van der Waals surface area contributed by atoms with Gasteiger partial charge in [-0.3, -0.25) is 9.59 Å². The number of carbonyl (C=O) groups excluding carboxylic acids is 2. The number of aromatic nitrogens is 2. The summed E-state index contributed by atoms with van der Waals surface area (Å²) in [5.74, 6) is -0.800. The predicted molar refractivity (Wildman–Crippen MR) is 122 cm³/mol. The number of dihydropyridines is 1. The van der Waals surface area contributed by atoms with Crippen LogP contribution in [0.25, 0.3) is 5.69 Å². The number of amides is 2. The molecule has 0 radical (unpaired) electrons. The number of aliphatic imine (C=N–C) groups is 1. The van der Waals surface area contributed by atoms with E-state index in [0.29, 0.717) is 17.9 Å². The number of rotatable bonds is 6. The van der Waals surface area contributed by atoms with Gasteiger partial charge in [0.15, 0.2) is 0 Å². The van der Waals surface area contributed by atoms with Crippen LogP contribution in [0, 0.1) is 6.92 Å². The summed E-state index contributed by atoms with van der Waals surface area (Å²) in [6, 6.07) is 9.98. The fourth-order valence-corrected chi connectivity index (χ4v) is 3.39. The van der Waals surface area contributed by atoms with E-state index in [0.717, 1.165) is 17.7 Å². The average molecular weight is 467 g/mol. The Morgan fingerprint density at radius 1 is 1.18 bits per heavy atom. The van der Waals surface area contributed by atoms with Crippen molar-refractivity contribution in [1.29, 1.82) is 0 Å². The highest BCUT2D eigenvalue weighted by atomic mass is 19.4. The van der Waals surface area contributed by atoms with Crippen molar-refractivity contribution in [2.24, 2.45) is 4.99 Å². The maximum Gasteiger partial charge on any atom is 0.416 e. The number of halogens is 3. The van der Waals surface area contributed by atoms with E-state index < -0.39 is 17.6 Å². The Morgan fingerprint density at radius 3 is 2.65 bits per heavy atom. The number of benzene rings is 2. The van der Waals surface area contributed by atoms with Crippen LogP contribution >= 0.6 is 0 Å². The number of para-hydroxylation sites is 1. The molecule has 4 rings (SSSR count). The van der Waals surface area contributed by atoms with Crippen molar-refractivity contribution in [1.82, 2.24) is 9.55 Å². The lowest BCUT2D eigenvalue weighted by atomic mass is 10.1. The van der Waals surface area contributed by atoms with Gasteiger partial charge < -0.3 is 15.2 Å². The summed E-state index contributed by atoms with van der Waals surface area (Å²) in [5.41, 5.74) is 1.49. The minimum Gasteiger partial charge on any atom is -0.380 e. The van der Waals surface area contributed by atoms with Gasteiger partial charge in [0.05, 0.1) is 23.1 Å². The maximum atomic E-state index is 13.5. The van der Waals surface area contributed by atoms with Crippen LogP contribution in [0.3, 0.4) is 0 Å². The van der Waals surface area contributed by atoms with Crippen molar-refractivity contribution < 1.29 is 22.8 Å². The molecule has 3 aromatic rings. The Hall–Kier alpha value is -4.21. The first kappa shape index (κ1) is 23.0. The van der Waals surface area contributed by atoms with Crippen LogP contribution in [0.2, 0.25) is 0 Å². The third-order valence-electron chi connectivity index (χ3n) is 5.08. The molecule has 0 aliphatic carbocycles. The van der Waals surface area contributed by atoms with Crippen LogP contribution < -0.4 is 10.6 Å². The van der Waals surface area contributed by atoms with Crippen LogP contribution in [-0.2, 0) is 11.0 Å². The molecule has 0 saturated heterocycles. The van der Waals surface area contributed by atoms with Crippen molar-refractivity contribution >= 4 is 29.4 Å². The van der Waals surface area contributed by atoms with E-state index in [9.17, 15) is 22.8 Å². The van der Waals surface area contributed by atoms with E-state index in [4.69, 9.17) is 0 Å². The summed E-state index contributed by atoms with van der Waals surface area (Å²) in [4.78, 5) is 32.0. The number of nitrogens with zero attached hydrogens (tertiary/aromatic N) is 3. The minimum absolute atomic E-state index is 0.00313. The molecule has 1 aliphatic rings. The highest BCUT2D eigenvalue weighted by Gasteiger charge is 2.31. The molecular formula is C24H20F3N5O2. The fraction of sp³-hybridized carbons (Fsp3) is 0.167. The molecule has 2 amide bonds. The third kappa shape index (κ3) is 5.40. The molecule has 2 aromatic carbocycles. The molecule has 10 heteroatoms. The molecule has 2 N–H and O–H groups in total. The van der Waals surface area contributed by atoms with Gasteiger partial charge in [-0.2, -0.15) is 13.2 Å². The third-order valence-corrected chi connectivity index (χ3v) is 5.08. The van der Waals surface area contributed by atoms with Gasteiger partial charge in [-0.1, -0.05) is 18.2 Å². The molecule has 1 aliphatic heterocycles. The number of aryl methyl sites for hydroxylation is 1. The summed E-state index contributed by atoms with van der Waals surface area (Å²) in [7, 11) is 0. The number of anilines is 2. The molecule has 2 heterocycles. The molecule has 0 fully saturated rings. The van der Waals surface area contributed by atoms with Crippen LogP contribution in [0.15, 0.2) is 71.6 Å². The molecule has 0 bridgehead atoms. The second-order valence-corrected chi connectivity index (χ2v) is 7.68. The Bertz CT molecular complexity index is 1310. The molecule has 34 heavy (non-hydrogen) atoms. The Kier molecular flexibility index (Phi) is 6.31. The molecule has 0 spiro atoms. The van der Waals surface area contributed by atoms with Crippen molar-refractivity contribution in [3.63, 3.8) is 0 Å². The van der Waals surface area contributed by atoms with Gasteiger partial charge in [0.2, 0.25) is 5.91 Å². The highest BCUT2D eigenvalue weighted by Crippen LogP contribution is 2.33. The summed E-state index contributed by atoms with van der Waals surface area (Å²) >= 11 is 0. The van der Waals surface area contributed by atoms with Gasteiger partial charge in [0.25, 0.3) is 5.91 Å². The van der Waals surface area contributed by atoms with E-state index in [1.807, 2.05) is 0 Å². The Labute approximate surface area is 193 Å². The first-order chi connectivity index (χ1) is 16.2. The predicted octanol–water partition coefficient (Wildman–Crippen LogP) is 4.79. The van der Waals surface area contributed by atoms with Crippen molar-refractivity contribution in [2.45, 2.75) is 19.5 Å². The first-order valence-corrected chi connectivity index (χ1v) is 10.3. The number of hydrogen-bond acceptors (Lipinski definition) is 4. The van der Waals surface area contributed by atoms with Crippen LogP contribution in [0.4, 0.5) is 24.5 Å². The van der Waals surface area contributed by atoms with Gasteiger partial charge >= 0.3 is 6.18 Å². The lowest BCUT2D eigenvalue weighted by Crippen LogP contribution is -2.17. The number of imidazole rings is 1. The van der Waals surface area contributed by atoms with Gasteiger partial charge in [0, 0.05) is 42.4 Å². The Balaban J connectivity index is 1.58. The van der Waals surface area contributed by atoms with Crippen LogP contribution in [0.5, 0.6) is 0 Å². The van der Waals surface area contributed by atoms with E-state index in [-0.39, 0.29) is 29.3 Å². The lowest BCUT2D eigenvalue weighted by molar-refractivity contribution is -0.137. The zero-order valence-corrected chi connectivity index (χ0v) is 18.1. The lowest BCUT2D eigenvalue weighted by Gasteiger charge is -2.15. The normalized spacial score (nSPS) is 13.5. The smallest absolute Gasteiger partial charge is 0.380 e. The van der Waals surface area contributed by atoms with E-state index in [1.54, 1.807) is 43.5 Å².